The molecule has 1 aliphatic carbocycles. The van der Waals surface area contributed by atoms with Crippen LogP contribution in [0.15, 0.2) is 55.1 Å². The van der Waals surface area contributed by atoms with Gasteiger partial charge in [-0.15, -0.1) is 29.5 Å². The summed E-state index contributed by atoms with van der Waals surface area (Å²) in [6.45, 7) is 3.78. The molecule has 3 nitrogen and oxygen atoms in total. The number of rotatable bonds is 10. The average molecular weight is 445 g/mol. The first-order valence-electron chi connectivity index (χ1n) is 10.5. The van der Waals surface area contributed by atoms with E-state index >= 15 is 0 Å². The summed E-state index contributed by atoms with van der Waals surface area (Å²) in [6, 6.07) is 12.0. The van der Waals surface area contributed by atoms with Crippen molar-refractivity contribution < 1.29 is 15.0 Å². The Labute approximate surface area is 187 Å². The summed E-state index contributed by atoms with van der Waals surface area (Å²) >= 11 is 7.92. The first-order valence-corrected chi connectivity index (χ1v) is 11.8. The molecule has 30 heavy (non-hydrogen) atoms. The molecule has 4 atom stereocenters. The number of thiophene rings is 1. The largest absolute Gasteiger partial charge is 0.477 e. The topological polar surface area (TPSA) is 57.5 Å². The number of carbonyl (C=O) groups is 1. The summed E-state index contributed by atoms with van der Waals surface area (Å²) in [4.78, 5) is 12.5. The van der Waals surface area contributed by atoms with Crippen LogP contribution in [0.5, 0.6) is 0 Å². The quantitative estimate of drug-likeness (QED) is 0.338. The number of aliphatic hydroxyl groups excluding tert-OH is 1. The molecular formula is C25H29ClO3S. The molecule has 1 heterocycles. The number of aliphatic hydroxyl groups is 1. The maximum Gasteiger partial charge on any atom is 0.345 e. The maximum atomic E-state index is 11.0. The van der Waals surface area contributed by atoms with Crippen LogP contribution in [-0.2, 0) is 12.8 Å². The highest BCUT2D eigenvalue weighted by atomic mass is 35.5. The molecule has 0 spiro atoms. The van der Waals surface area contributed by atoms with Crippen LogP contribution in [-0.4, -0.2) is 27.7 Å². The second-order valence-electron chi connectivity index (χ2n) is 7.96. The third-order valence-electron chi connectivity index (χ3n) is 5.80. The molecule has 0 bridgehead atoms. The fourth-order valence-electron chi connectivity index (χ4n) is 4.22. The Kier molecular flexibility index (Phi) is 8.32. The number of hydrogen-bond donors (Lipinski definition) is 2. The number of allylic oxidation sites excluding steroid dienone is 1. The van der Waals surface area contributed by atoms with Crippen molar-refractivity contribution in [1.82, 2.24) is 0 Å². The highest BCUT2D eigenvalue weighted by Crippen LogP contribution is 2.40. The van der Waals surface area contributed by atoms with Gasteiger partial charge in [-0.3, -0.25) is 0 Å². The highest BCUT2D eigenvalue weighted by Gasteiger charge is 2.39. The summed E-state index contributed by atoms with van der Waals surface area (Å²) in [7, 11) is 0. The van der Waals surface area contributed by atoms with Crippen molar-refractivity contribution in [3.8, 4) is 0 Å². The predicted octanol–water partition coefficient (Wildman–Crippen LogP) is 6.21. The molecule has 160 valence electrons. The van der Waals surface area contributed by atoms with E-state index in [0.717, 1.165) is 42.5 Å². The van der Waals surface area contributed by atoms with Crippen molar-refractivity contribution in [2.24, 2.45) is 11.8 Å². The van der Waals surface area contributed by atoms with Crippen LogP contribution >= 0.6 is 22.9 Å². The van der Waals surface area contributed by atoms with Gasteiger partial charge in [0.1, 0.15) is 4.88 Å². The Morgan fingerprint density at radius 3 is 2.83 bits per heavy atom. The van der Waals surface area contributed by atoms with E-state index in [1.54, 1.807) is 6.07 Å². The van der Waals surface area contributed by atoms with E-state index in [1.807, 2.05) is 12.1 Å². The lowest BCUT2D eigenvalue weighted by atomic mass is 9.89. The number of carboxylic acid groups (broad SMARTS) is 1. The van der Waals surface area contributed by atoms with Gasteiger partial charge in [-0.05, 0) is 67.7 Å². The lowest BCUT2D eigenvalue weighted by Crippen LogP contribution is -2.18. The van der Waals surface area contributed by atoms with Gasteiger partial charge in [0.05, 0.1) is 6.10 Å². The molecule has 1 saturated carbocycles. The van der Waals surface area contributed by atoms with Crippen LogP contribution in [0.1, 0.15) is 51.4 Å². The minimum absolute atomic E-state index is 0.0357. The van der Waals surface area contributed by atoms with Crippen molar-refractivity contribution in [3.05, 3.63) is 76.0 Å². The normalized spacial score (nSPS) is 23.8. The Morgan fingerprint density at radius 1 is 1.27 bits per heavy atom. The summed E-state index contributed by atoms with van der Waals surface area (Å²) < 4.78 is 0. The molecule has 3 rings (SSSR count). The monoisotopic (exact) mass is 444 g/mol. The zero-order valence-corrected chi connectivity index (χ0v) is 18.6. The minimum Gasteiger partial charge on any atom is -0.477 e. The number of carboxylic acids is 1. The molecule has 2 N–H and O–H groups in total. The summed E-state index contributed by atoms with van der Waals surface area (Å²) in [6.07, 6.45) is 11.0. The lowest BCUT2D eigenvalue weighted by Gasteiger charge is -2.20. The van der Waals surface area contributed by atoms with Gasteiger partial charge in [0, 0.05) is 16.2 Å². The van der Waals surface area contributed by atoms with Crippen LogP contribution in [0.3, 0.4) is 0 Å². The van der Waals surface area contributed by atoms with E-state index in [9.17, 15) is 9.90 Å². The molecule has 5 heteroatoms. The number of hydrogen-bond acceptors (Lipinski definition) is 3. The Bertz CT molecular complexity index is 888. The fourth-order valence-corrected chi connectivity index (χ4v) is 5.58. The van der Waals surface area contributed by atoms with Gasteiger partial charge >= 0.3 is 5.97 Å². The van der Waals surface area contributed by atoms with E-state index in [-0.39, 0.29) is 17.2 Å². The second-order valence-corrected chi connectivity index (χ2v) is 9.68. The van der Waals surface area contributed by atoms with E-state index < -0.39 is 12.1 Å². The van der Waals surface area contributed by atoms with E-state index in [1.165, 1.54) is 16.9 Å². The van der Waals surface area contributed by atoms with Crippen molar-refractivity contribution in [1.29, 1.82) is 0 Å². The van der Waals surface area contributed by atoms with Crippen LogP contribution in [0.25, 0.3) is 6.08 Å². The zero-order valence-electron chi connectivity index (χ0n) is 17.0. The molecule has 0 aliphatic heterocycles. The predicted molar refractivity (Wildman–Crippen MR) is 125 cm³/mol. The highest BCUT2D eigenvalue weighted by molar-refractivity contribution is 7.13. The standard InChI is InChI=1S/C25H29ClO3S/c1-2-3-6-17-7-4-8-18(15-17)11-13-21-20(22(26)16-23(21)27)10-5-9-19-12-14-24(30-19)25(28)29/h2,4,7-8,11-15,20-23,27H,1,3,5-6,9-10,16H2,(H,28,29)/t20?,21-,22-,23?/m1/s1. The maximum absolute atomic E-state index is 11.0. The van der Waals surface area contributed by atoms with E-state index in [2.05, 4.69) is 43.0 Å². The van der Waals surface area contributed by atoms with Gasteiger partial charge < -0.3 is 10.2 Å². The van der Waals surface area contributed by atoms with E-state index in [4.69, 9.17) is 16.7 Å². The van der Waals surface area contributed by atoms with Gasteiger partial charge in [-0.25, -0.2) is 4.79 Å². The second kappa shape index (κ2) is 10.9. The Morgan fingerprint density at radius 2 is 2.10 bits per heavy atom. The van der Waals surface area contributed by atoms with Crippen LogP contribution < -0.4 is 0 Å². The molecule has 1 aromatic carbocycles. The van der Waals surface area contributed by atoms with Crippen LogP contribution in [0.4, 0.5) is 0 Å². The number of benzene rings is 1. The molecule has 2 aromatic rings. The van der Waals surface area contributed by atoms with Gasteiger partial charge in [0.15, 0.2) is 0 Å². The number of alkyl halides is 1. The van der Waals surface area contributed by atoms with Gasteiger partial charge in [0.25, 0.3) is 0 Å². The molecule has 0 amide bonds. The van der Waals surface area contributed by atoms with Crippen molar-refractivity contribution in [2.75, 3.05) is 0 Å². The first kappa shape index (κ1) is 22.8. The smallest absolute Gasteiger partial charge is 0.345 e. The third-order valence-corrected chi connectivity index (χ3v) is 7.44. The zero-order chi connectivity index (χ0) is 21.5. The van der Waals surface area contributed by atoms with Crippen LogP contribution in [0, 0.1) is 11.8 Å². The Balaban J connectivity index is 1.60. The molecule has 0 saturated heterocycles. The van der Waals surface area contributed by atoms with Crippen molar-refractivity contribution >= 4 is 35.0 Å². The number of aromatic carboxylic acids is 1. The molecule has 2 unspecified atom stereocenters. The number of halogens is 1. The molecule has 1 aromatic heterocycles. The van der Waals surface area contributed by atoms with Gasteiger partial charge in [-0.1, -0.05) is 42.5 Å². The molecule has 1 aliphatic rings. The summed E-state index contributed by atoms with van der Waals surface area (Å²) in [5, 5.41) is 19.6. The minimum atomic E-state index is -0.871. The van der Waals surface area contributed by atoms with E-state index in [0.29, 0.717) is 11.3 Å². The molecule has 1 fully saturated rings. The fraction of sp³-hybridized carbons (Fsp3) is 0.400. The van der Waals surface area contributed by atoms with Crippen LogP contribution in [0.2, 0.25) is 0 Å². The van der Waals surface area contributed by atoms with Gasteiger partial charge in [0.2, 0.25) is 0 Å². The van der Waals surface area contributed by atoms with Crippen molar-refractivity contribution in [3.63, 3.8) is 0 Å². The first-order chi connectivity index (χ1) is 14.5. The Hall–Kier alpha value is -1.88. The SMILES string of the molecule is C=CCCc1cccc(C=C[C@H]2C(O)C[C@@H](Cl)C2CCCc2ccc(C(=O)O)s2)c1. The molecule has 0 radical (unpaired) electrons. The summed E-state index contributed by atoms with van der Waals surface area (Å²) in [5.74, 6) is -0.604. The lowest BCUT2D eigenvalue weighted by molar-refractivity contribution is 0.0702. The number of aryl methyl sites for hydroxylation is 2. The van der Waals surface area contributed by atoms with Gasteiger partial charge in [-0.2, -0.15) is 0 Å². The molecular weight excluding hydrogens is 416 g/mol. The van der Waals surface area contributed by atoms with Crippen molar-refractivity contribution in [2.45, 2.75) is 50.0 Å². The third kappa shape index (κ3) is 6.07. The average Bonchev–Trinajstić information content (AvgIpc) is 3.30. The summed E-state index contributed by atoms with van der Waals surface area (Å²) in [5.41, 5.74) is 2.42.